The number of aliphatic hydroxyl groups excluding tert-OH is 1. The van der Waals surface area contributed by atoms with Crippen molar-refractivity contribution in [1.29, 1.82) is 0 Å². The summed E-state index contributed by atoms with van der Waals surface area (Å²) in [5, 5.41) is 16.0. The van der Waals surface area contributed by atoms with Crippen LogP contribution in [-0.2, 0) is 6.54 Å². The van der Waals surface area contributed by atoms with E-state index in [9.17, 15) is 4.79 Å². The summed E-state index contributed by atoms with van der Waals surface area (Å²) in [5.74, 6) is 0. The van der Waals surface area contributed by atoms with Crippen LogP contribution < -0.4 is 10.9 Å². The van der Waals surface area contributed by atoms with Gasteiger partial charge >= 0.3 is 0 Å². The van der Waals surface area contributed by atoms with Crippen molar-refractivity contribution < 1.29 is 5.11 Å². The molecule has 1 aromatic rings. The number of nitrogens with one attached hydrogen (secondary N) is 1. The van der Waals surface area contributed by atoms with E-state index in [1.807, 2.05) is 6.92 Å². The predicted octanol–water partition coefficient (Wildman–Crippen LogP) is 1.49. The molecule has 2 N–H and O–H groups in total. The van der Waals surface area contributed by atoms with E-state index in [0.717, 1.165) is 17.5 Å². The SMILES string of the molecule is CCCC(C)Nc1cnn(CCO)c(=O)c1Cl. The van der Waals surface area contributed by atoms with Gasteiger partial charge in [-0.1, -0.05) is 24.9 Å². The molecule has 0 aliphatic heterocycles. The first-order valence-electron chi connectivity index (χ1n) is 5.73. The molecule has 0 spiro atoms. The largest absolute Gasteiger partial charge is 0.394 e. The first-order valence-corrected chi connectivity index (χ1v) is 6.11. The third-order valence-electron chi connectivity index (χ3n) is 2.42. The van der Waals surface area contributed by atoms with Gasteiger partial charge in [0, 0.05) is 6.04 Å². The van der Waals surface area contributed by atoms with Crippen molar-refractivity contribution in [2.75, 3.05) is 11.9 Å². The van der Waals surface area contributed by atoms with Crippen molar-refractivity contribution in [3.8, 4) is 0 Å². The maximum atomic E-state index is 11.7. The van der Waals surface area contributed by atoms with E-state index in [2.05, 4.69) is 17.3 Å². The summed E-state index contributed by atoms with van der Waals surface area (Å²) in [7, 11) is 0. The van der Waals surface area contributed by atoms with Crippen molar-refractivity contribution in [2.45, 2.75) is 39.3 Å². The molecule has 0 aliphatic carbocycles. The Hall–Kier alpha value is -1.07. The molecule has 0 fully saturated rings. The van der Waals surface area contributed by atoms with Gasteiger partial charge in [-0.25, -0.2) is 4.68 Å². The van der Waals surface area contributed by atoms with Crippen LogP contribution in [0.1, 0.15) is 26.7 Å². The summed E-state index contributed by atoms with van der Waals surface area (Å²) in [6, 6.07) is 0.243. The van der Waals surface area contributed by atoms with Gasteiger partial charge < -0.3 is 10.4 Å². The Bertz CT molecular complexity index is 420. The maximum Gasteiger partial charge on any atom is 0.287 e. The van der Waals surface area contributed by atoms with Gasteiger partial charge in [0.05, 0.1) is 25.0 Å². The standard InChI is InChI=1S/C11H18ClN3O2/c1-3-4-8(2)14-9-7-13-15(5-6-16)11(17)10(9)12/h7-8,14,16H,3-6H2,1-2H3. The zero-order valence-electron chi connectivity index (χ0n) is 10.1. The van der Waals surface area contributed by atoms with Gasteiger partial charge in [-0.2, -0.15) is 5.10 Å². The van der Waals surface area contributed by atoms with Gasteiger partial charge in [-0.3, -0.25) is 4.79 Å². The first kappa shape index (κ1) is 14.0. The highest BCUT2D eigenvalue weighted by atomic mass is 35.5. The van der Waals surface area contributed by atoms with Crippen LogP contribution in [0.15, 0.2) is 11.0 Å². The molecule has 17 heavy (non-hydrogen) atoms. The van der Waals surface area contributed by atoms with Crippen LogP contribution in [0.3, 0.4) is 0 Å². The average Bonchev–Trinajstić information content (AvgIpc) is 2.29. The minimum atomic E-state index is -0.380. The Morgan fingerprint density at radius 3 is 2.94 bits per heavy atom. The van der Waals surface area contributed by atoms with Crippen LogP contribution in [0.2, 0.25) is 5.02 Å². The lowest BCUT2D eigenvalue weighted by atomic mass is 10.2. The van der Waals surface area contributed by atoms with Crippen molar-refractivity contribution in [1.82, 2.24) is 9.78 Å². The second kappa shape index (κ2) is 6.61. The molecule has 5 nitrogen and oxygen atoms in total. The van der Waals surface area contributed by atoms with E-state index in [4.69, 9.17) is 16.7 Å². The van der Waals surface area contributed by atoms with Crippen LogP contribution in [0, 0.1) is 0 Å². The van der Waals surface area contributed by atoms with Gasteiger partial charge in [-0.05, 0) is 13.3 Å². The number of rotatable bonds is 6. The van der Waals surface area contributed by atoms with Crippen molar-refractivity contribution in [2.24, 2.45) is 0 Å². The molecule has 6 heteroatoms. The van der Waals surface area contributed by atoms with Gasteiger partial charge in [0.2, 0.25) is 0 Å². The Kier molecular flexibility index (Phi) is 5.44. The van der Waals surface area contributed by atoms with E-state index in [-0.39, 0.29) is 29.8 Å². The predicted molar refractivity (Wildman–Crippen MR) is 68.6 cm³/mol. The highest BCUT2D eigenvalue weighted by molar-refractivity contribution is 6.32. The Morgan fingerprint density at radius 1 is 1.65 bits per heavy atom. The molecule has 0 aliphatic rings. The number of halogens is 1. The van der Waals surface area contributed by atoms with Gasteiger partial charge in [0.15, 0.2) is 0 Å². The Labute approximate surface area is 105 Å². The number of anilines is 1. The highest BCUT2D eigenvalue weighted by Gasteiger charge is 2.10. The highest BCUT2D eigenvalue weighted by Crippen LogP contribution is 2.17. The fraction of sp³-hybridized carbons (Fsp3) is 0.636. The third-order valence-corrected chi connectivity index (χ3v) is 2.79. The summed E-state index contributed by atoms with van der Waals surface area (Å²) < 4.78 is 1.15. The number of hydrogen-bond donors (Lipinski definition) is 2. The van der Waals surface area contributed by atoms with E-state index < -0.39 is 0 Å². The molecule has 96 valence electrons. The molecular weight excluding hydrogens is 242 g/mol. The van der Waals surface area contributed by atoms with Gasteiger partial charge in [0.25, 0.3) is 5.56 Å². The summed E-state index contributed by atoms with van der Waals surface area (Å²) in [5.41, 5.74) is 0.168. The summed E-state index contributed by atoms with van der Waals surface area (Å²) in [6.07, 6.45) is 3.57. The Balaban J connectivity index is 2.89. The first-order chi connectivity index (χ1) is 8.10. The lowest BCUT2D eigenvalue weighted by Gasteiger charge is -2.15. The molecule has 0 bridgehead atoms. The van der Waals surface area contributed by atoms with Gasteiger partial charge in [0.1, 0.15) is 5.02 Å². The molecule has 0 saturated heterocycles. The van der Waals surface area contributed by atoms with Crippen LogP contribution in [0.25, 0.3) is 0 Å². The van der Waals surface area contributed by atoms with Crippen LogP contribution in [0.4, 0.5) is 5.69 Å². The normalized spacial score (nSPS) is 12.5. The molecule has 1 atom stereocenters. The van der Waals surface area contributed by atoms with Crippen molar-refractivity contribution in [3.05, 3.63) is 21.6 Å². The molecule has 0 aromatic carbocycles. The third kappa shape index (κ3) is 3.71. The number of nitrogens with zero attached hydrogens (tertiary/aromatic N) is 2. The monoisotopic (exact) mass is 259 g/mol. The van der Waals surface area contributed by atoms with Crippen LogP contribution >= 0.6 is 11.6 Å². The van der Waals surface area contributed by atoms with E-state index in [1.165, 1.54) is 6.20 Å². The topological polar surface area (TPSA) is 67.2 Å². The number of hydrogen-bond acceptors (Lipinski definition) is 4. The summed E-state index contributed by atoms with van der Waals surface area (Å²) in [4.78, 5) is 11.7. The smallest absolute Gasteiger partial charge is 0.287 e. The zero-order valence-corrected chi connectivity index (χ0v) is 10.9. The maximum absolute atomic E-state index is 11.7. The second-order valence-electron chi connectivity index (χ2n) is 3.96. The fourth-order valence-corrected chi connectivity index (χ4v) is 1.79. The minimum Gasteiger partial charge on any atom is -0.394 e. The van der Waals surface area contributed by atoms with E-state index in [0.29, 0.717) is 5.69 Å². The lowest BCUT2D eigenvalue weighted by Crippen LogP contribution is -2.26. The Morgan fingerprint density at radius 2 is 2.35 bits per heavy atom. The van der Waals surface area contributed by atoms with E-state index in [1.54, 1.807) is 0 Å². The molecule has 0 saturated carbocycles. The summed E-state index contributed by atoms with van der Waals surface area (Å²) >= 11 is 5.96. The van der Waals surface area contributed by atoms with Crippen molar-refractivity contribution in [3.63, 3.8) is 0 Å². The molecule has 1 aromatic heterocycles. The molecule has 0 amide bonds. The number of aromatic nitrogens is 2. The van der Waals surface area contributed by atoms with Gasteiger partial charge in [-0.15, -0.1) is 0 Å². The minimum absolute atomic E-state index is 0.122. The summed E-state index contributed by atoms with van der Waals surface area (Å²) in [6.45, 7) is 4.14. The molecule has 0 radical (unpaired) electrons. The second-order valence-corrected chi connectivity index (χ2v) is 4.34. The van der Waals surface area contributed by atoms with Crippen LogP contribution in [0.5, 0.6) is 0 Å². The average molecular weight is 260 g/mol. The molecular formula is C11H18ClN3O2. The molecule has 1 rings (SSSR count). The van der Waals surface area contributed by atoms with Crippen LogP contribution in [-0.4, -0.2) is 27.5 Å². The lowest BCUT2D eigenvalue weighted by molar-refractivity contribution is 0.266. The zero-order chi connectivity index (χ0) is 12.8. The molecule has 1 unspecified atom stereocenters. The number of aliphatic hydroxyl groups is 1. The van der Waals surface area contributed by atoms with Crippen molar-refractivity contribution >= 4 is 17.3 Å². The fourth-order valence-electron chi connectivity index (χ4n) is 1.59. The molecule has 1 heterocycles. The van der Waals surface area contributed by atoms with E-state index >= 15 is 0 Å². The quantitative estimate of drug-likeness (QED) is 0.812.